The second-order valence-electron chi connectivity index (χ2n) is 4.13. The van der Waals surface area contributed by atoms with Crippen LogP contribution in [0.2, 0.25) is 0 Å². The summed E-state index contributed by atoms with van der Waals surface area (Å²) in [6, 6.07) is 5.41. The van der Waals surface area contributed by atoms with Crippen LogP contribution in [0, 0.1) is 6.92 Å². The van der Waals surface area contributed by atoms with E-state index in [1.165, 1.54) is 0 Å². The first-order valence-electron chi connectivity index (χ1n) is 5.76. The lowest BCUT2D eigenvalue weighted by atomic mass is 10.3. The molecule has 1 N–H and O–H groups in total. The van der Waals surface area contributed by atoms with E-state index >= 15 is 0 Å². The Morgan fingerprint density at radius 3 is 2.95 bits per heavy atom. The van der Waals surface area contributed by atoms with Crippen LogP contribution in [0.15, 0.2) is 43.0 Å². The number of aryl methyl sites for hydroxylation is 1. The highest BCUT2D eigenvalue weighted by Crippen LogP contribution is 2.07. The third-order valence-corrected chi connectivity index (χ3v) is 2.62. The summed E-state index contributed by atoms with van der Waals surface area (Å²) in [7, 11) is 0. The molecule has 3 aromatic rings. The molecule has 3 aromatic heterocycles. The average molecular weight is 253 g/mol. The smallest absolute Gasteiger partial charge is 0.277 e. The Hall–Kier alpha value is -2.76. The Labute approximate surface area is 109 Å². The number of amides is 1. The number of hydrogen-bond acceptors (Lipinski definition) is 4. The molecule has 0 atom stereocenters. The van der Waals surface area contributed by atoms with E-state index in [0.29, 0.717) is 17.3 Å². The van der Waals surface area contributed by atoms with Crippen molar-refractivity contribution in [1.82, 2.24) is 19.4 Å². The quantitative estimate of drug-likeness (QED) is 0.754. The fourth-order valence-electron chi connectivity index (χ4n) is 1.66. The first kappa shape index (κ1) is 11.3. The number of nitrogens with zero attached hydrogens (tertiary/aromatic N) is 4. The minimum atomic E-state index is -0.304. The van der Waals surface area contributed by atoms with Gasteiger partial charge in [0.2, 0.25) is 5.78 Å². The molecular formula is C13H11N5O. The maximum atomic E-state index is 12.0. The van der Waals surface area contributed by atoms with Crippen LogP contribution in [0.25, 0.3) is 5.78 Å². The standard InChI is InChI=1S/C13H11N5O/c1-9-3-4-11(15-7-9)17-12(19)10-8-18-6-2-5-14-13(18)16-10/h2-8H,1H3,(H,15,17,19). The third kappa shape index (κ3) is 2.28. The van der Waals surface area contributed by atoms with Crippen LogP contribution in [0.4, 0.5) is 5.82 Å². The third-order valence-electron chi connectivity index (χ3n) is 2.62. The average Bonchev–Trinajstić information content (AvgIpc) is 2.85. The number of pyridine rings is 1. The number of aromatic nitrogens is 4. The summed E-state index contributed by atoms with van der Waals surface area (Å²) in [5, 5.41) is 2.69. The van der Waals surface area contributed by atoms with Crippen molar-refractivity contribution in [3.8, 4) is 0 Å². The first-order valence-corrected chi connectivity index (χ1v) is 5.76. The van der Waals surface area contributed by atoms with Crippen molar-refractivity contribution in [2.24, 2.45) is 0 Å². The van der Waals surface area contributed by atoms with Gasteiger partial charge >= 0.3 is 0 Å². The molecule has 0 saturated carbocycles. The van der Waals surface area contributed by atoms with Crippen molar-refractivity contribution in [2.45, 2.75) is 6.92 Å². The van der Waals surface area contributed by atoms with Gasteiger partial charge in [0.05, 0.1) is 0 Å². The number of fused-ring (bicyclic) bond motifs is 1. The minimum Gasteiger partial charge on any atom is -0.305 e. The summed E-state index contributed by atoms with van der Waals surface area (Å²) in [5.41, 5.74) is 1.34. The molecular weight excluding hydrogens is 242 g/mol. The van der Waals surface area contributed by atoms with Crippen molar-refractivity contribution in [1.29, 1.82) is 0 Å². The monoisotopic (exact) mass is 253 g/mol. The zero-order valence-electron chi connectivity index (χ0n) is 10.2. The zero-order valence-corrected chi connectivity index (χ0v) is 10.2. The van der Waals surface area contributed by atoms with E-state index in [-0.39, 0.29) is 5.91 Å². The van der Waals surface area contributed by atoms with Gasteiger partial charge in [0.1, 0.15) is 11.5 Å². The van der Waals surface area contributed by atoms with Gasteiger partial charge in [0, 0.05) is 24.8 Å². The molecule has 0 bridgehead atoms. The number of carbonyl (C=O) groups excluding carboxylic acids is 1. The van der Waals surface area contributed by atoms with E-state index in [9.17, 15) is 4.79 Å². The highest BCUT2D eigenvalue weighted by molar-refractivity contribution is 6.02. The van der Waals surface area contributed by atoms with E-state index in [1.54, 1.807) is 41.3 Å². The normalized spacial score (nSPS) is 10.6. The highest BCUT2D eigenvalue weighted by Gasteiger charge is 2.11. The summed E-state index contributed by atoms with van der Waals surface area (Å²) < 4.78 is 1.69. The minimum absolute atomic E-state index is 0.304. The van der Waals surface area contributed by atoms with Crippen molar-refractivity contribution in [3.05, 3.63) is 54.2 Å². The Kier molecular flexibility index (Phi) is 2.68. The topological polar surface area (TPSA) is 72.2 Å². The van der Waals surface area contributed by atoms with Gasteiger partial charge in [0.15, 0.2) is 0 Å². The van der Waals surface area contributed by atoms with Crippen LogP contribution in [-0.4, -0.2) is 25.3 Å². The molecule has 3 rings (SSSR count). The fourth-order valence-corrected chi connectivity index (χ4v) is 1.66. The molecule has 0 aliphatic carbocycles. The van der Waals surface area contributed by atoms with Crippen LogP contribution in [-0.2, 0) is 0 Å². The molecule has 0 radical (unpaired) electrons. The van der Waals surface area contributed by atoms with Gasteiger partial charge in [0.25, 0.3) is 5.91 Å². The number of imidazole rings is 1. The van der Waals surface area contributed by atoms with Crippen molar-refractivity contribution in [3.63, 3.8) is 0 Å². The van der Waals surface area contributed by atoms with Gasteiger partial charge in [-0.3, -0.25) is 9.20 Å². The van der Waals surface area contributed by atoms with Crippen molar-refractivity contribution < 1.29 is 4.79 Å². The largest absolute Gasteiger partial charge is 0.305 e. The lowest BCUT2D eigenvalue weighted by Gasteiger charge is -2.01. The maximum Gasteiger partial charge on any atom is 0.277 e. The summed E-state index contributed by atoms with van der Waals surface area (Å²) in [6.45, 7) is 1.94. The zero-order chi connectivity index (χ0) is 13.2. The maximum absolute atomic E-state index is 12.0. The van der Waals surface area contributed by atoms with Gasteiger partial charge in [-0.1, -0.05) is 6.07 Å². The number of carbonyl (C=O) groups is 1. The predicted molar refractivity (Wildman–Crippen MR) is 69.9 cm³/mol. The molecule has 94 valence electrons. The van der Waals surface area contributed by atoms with Gasteiger partial charge in [-0.15, -0.1) is 0 Å². The molecule has 1 amide bonds. The molecule has 3 heterocycles. The number of nitrogens with one attached hydrogen (secondary N) is 1. The second kappa shape index (κ2) is 4.49. The summed E-state index contributed by atoms with van der Waals surface area (Å²) >= 11 is 0. The summed E-state index contributed by atoms with van der Waals surface area (Å²) in [6.07, 6.45) is 6.74. The Balaban J connectivity index is 1.85. The molecule has 0 unspecified atom stereocenters. The van der Waals surface area contributed by atoms with Gasteiger partial charge in [-0.05, 0) is 24.6 Å². The molecule has 0 aromatic carbocycles. The molecule has 0 fully saturated rings. The molecule has 19 heavy (non-hydrogen) atoms. The van der Waals surface area contributed by atoms with E-state index < -0.39 is 0 Å². The van der Waals surface area contributed by atoms with Gasteiger partial charge < -0.3 is 5.32 Å². The van der Waals surface area contributed by atoms with E-state index in [2.05, 4.69) is 20.3 Å². The molecule has 0 aliphatic rings. The van der Waals surface area contributed by atoms with Crippen LogP contribution in [0.3, 0.4) is 0 Å². The second-order valence-corrected chi connectivity index (χ2v) is 4.13. The summed E-state index contributed by atoms with van der Waals surface area (Å²) in [4.78, 5) is 24.3. The van der Waals surface area contributed by atoms with Crippen molar-refractivity contribution >= 4 is 17.5 Å². The SMILES string of the molecule is Cc1ccc(NC(=O)c2cn3cccnc3n2)nc1. The molecule has 0 spiro atoms. The Morgan fingerprint density at radius 1 is 1.32 bits per heavy atom. The first-order chi connectivity index (χ1) is 9.22. The van der Waals surface area contributed by atoms with Gasteiger partial charge in [-0.2, -0.15) is 0 Å². The van der Waals surface area contributed by atoms with Crippen LogP contribution in [0.5, 0.6) is 0 Å². The number of hydrogen-bond donors (Lipinski definition) is 1. The van der Waals surface area contributed by atoms with Crippen molar-refractivity contribution in [2.75, 3.05) is 5.32 Å². The lowest BCUT2D eigenvalue weighted by molar-refractivity contribution is 0.102. The van der Waals surface area contributed by atoms with Crippen LogP contribution < -0.4 is 5.32 Å². The van der Waals surface area contributed by atoms with Crippen LogP contribution >= 0.6 is 0 Å². The Morgan fingerprint density at radius 2 is 2.21 bits per heavy atom. The molecule has 0 aliphatic heterocycles. The summed E-state index contributed by atoms with van der Waals surface area (Å²) in [5.74, 6) is 0.687. The predicted octanol–water partition coefficient (Wildman–Crippen LogP) is 1.69. The van der Waals surface area contributed by atoms with Gasteiger partial charge in [-0.25, -0.2) is 15.0 Å². The van der Waals surface area contributed by atoms with E-state index in [0.717, 1.165) is 5.56 Å². The molecule has 6 heteroatoms. The number of anilines is 1. The lowest BCUT2D eigenvalue weighted by Crippen LogP contribution is -2.13. The molecule has 6 nitrogen and oxygen atoms in total. The Bertz CT molecular complexity index is 699. The highest BCUT2D eigenvalue weighted by atomic mass is 16.2. The number of rotatable bonds is 2. The van der Waals surface area contributed by atoms with E-state index in [4.69, 9.17) is 0 Å². The van der Waals surface area contributed by atoms with Crippen LogP contribution in [0.1, 0.15) is 16.1 Å². The molecule has 0 saturated heterocycles. The van der Waals surface area contributed by atoms with E-state index in [1.807, 2.05) is 13.0 Å². The fraction of sp³-hybridized carbons (Fsp3) is 0.0769.